The maximum Gasteiger partial charge on any atom is 0.224 e. The van der Waals surface area contributed by atoms with Gasteiger partial charge in [-0.05, 0) is 25.3 Å². The highest BCUT2D eigenvalue weighted by Gasteiger charge is 2.21. The van der Waals surface area contributed by atoms with E-state index in [0.29, 0.717) is 18.0 Å². The summed E-state index contributed by atoms with van der Waals surface area (Å²) in [5, 5.41) is 2.83. The summed E-state index contributed by atoms with van der Waals surface area (Å²) in [6.45, 7) is 6.19. The second-order valence-corrected chi connectivity index (χ2v) is 5.31. The maximum atomic E-state index is 13.6. The normalized spacial score (nSPS) is 14.2. The first-order valence-corrected chi connectivity index (χ1v) is 6.70. The zero-order chi connectivity index (χ0) is 14.4. The van der Waals surface area contributed by atoms with Gasteiger partial charge in [-0.1, -0.05) is 32.0 Å². The van der Waals surface area contributed by atoms with E-state index < -0.39 is 0 Å². The van der Waals surface area contributed by atoms with Crippen molar-refractivity contribution in [2.45, 2.75) is 33.2 Å². The van der Waals surface area contributed by atoms with Crippen LogP contribution in [0.15, 0.2) is 24.3 Å². The third kappa shape index (κ3) is 4.63. The van der Waals surface area contributed by atoms with Crippen LogP contribution in [0.5, 0.6) is 0 Å². The van der Waals surface area contributed by atoms with Crippen molar-refractivity contribution >= 4 is 5.91 Å². The molecular formula is C15H23FN2O. The molecule has 1 rings (SSSR count). The van der Waals surface area contributed by atoms with Gasteiger partial charge in [-0.15, -0.1) is 0 Å². The molecule has 1 amide bonds. The summed E-state index contributed by atoms with van der Waals surface area (Å²) in [6, 6.07) is 6.12. The molecule has 1 aromatic carbocycles. The van der Waals surface area contributed by atoms with Crippen LogP contribution in [0.1, 0.15) is 38.8 Å². The van der Waals surface area contributed by atoms with Crippen molar-refractivity contribution in [1.29, 1.82) is 0 Å². The fraction of sp³-hybridized carbons (Fsp3) is 0.533. The van der Waals surface area contributed by atoms with Gasteiger partial charge in [0.15, 0.2) is 0 Å². The van der Waals surface area contributed by atoms with Crippen molar-refractivity contribution in [3.05, 3.63) is 35.6 Å². The minimum absolute atomic E-state index is 0.105. The van der Waals surface area contributed by atoms with E-state index >= 15 is 0 Å². The minimum Gasteiger partial charge on any atom is -0.349 e. The van der Waals surface area contributed by atoms with Gasteiger partial charge in [0.2, 0.25) is 5.91 Å². The van der Waals surface area contributed by atoms with Gasteiger partial charge in [0, 0.05) is 12.1 Å². The van der Waals surface area contributed by atoms with Gasteiger partial charge in [0.05, 0.1) is 12.0 Å². The van der Waals surface area contributed by atoms with Crippen LogP contribution >= 0.6 is 0 Å². The molecule has 3 nitrogen and oxygen atoms in total. The van der Waals surface area contributed by atoms with Gasteiger partial charge in [-0.25, -0.2) is 4.39 Å². The van der Waals surface area contributed by atoms with E-state index in [1.807, 2.05) is 0 Å². The van der Waals surface area contributed by atoms with Gasteiger partial charge in [0.1, 0.15) is 5.82 Å². The average Bonchev–Trinajstić information content (AvgIpc) is 2.35. The lowest BCUT2D eigenvalue weighted by atomic mass is 9.95. The molecule has 0 aliphatic carbocycles. The Labute approximate surface area is 114 Å². The second kappa shape index (κ2) is 7.24. The molecule has 0 aliphatic heterocycles. The van der Waals surface area contributed by atoms with E-state index in [1.165, 1.54) is 6.07 Å². The molecule has 4 heteroatoms. The molecule has 0 heterocycles. The zero-order valence-electron chi connectivity index (χ0n) is 11.8. The number of halogens is 1. The lowest BCUT2D eigenvalue weighted by Gasteiger charge is -2.21. The molecule has 2 unspecified atom stereocenters. The Hall–Kier alpha value is -1.42. The smallest absolute Gasteiger partial charge is 0.224 e. The van der Waals surface area contributed by atoms with Crippen molar-refractivity contribution in [3.63, 3.8) is 0 Å². The number of hydrogen-bond donors (Lipinski definition) is 2. The molecule has 0 spiro atoms. The first-order chi connectivity index (χ1) is 8.95. The summed E-state index contributed by atoms with van der Waals surface area (Å²) in [5.41, 5.74) is 6.13. The summed E-state index contributed by atoms with van der Waals surface area (Å²) in [4.78, 5) is 12.1. The number of benzene rings is 1. The maximum absolute atomic E-state index is 13.6. The largest absolute Gasteiger partial charge is 0.349 e. The Morgan fingerprint density at radius 3 is 2.47 bits per heavy atom. The Morgan fingerprint density at radius 1 is 1.32 bits per heavy atom. The standard InChI is InChI=1S/C15H23FN2O/c1-10(2)8-12(9-17)15(19)18-11(3)13-6-4-5-7-14(13)16/h4-7,10-12H,8-9,17H2,1-3H3,(H,18,19). The number of hydrogen-bond acceptors (Lipinski definition) is 2. The predicted molar refractivity (Wildman–Crippen MR) is 75.0 cm³/mol. The number of carbonyl (C=O) groups is 1. The molecular weight excluding hydrogens is 243 g/mol. The first kappa shape index (κ1) is 15.6. The van der Waals surface area contributed by atoms with E-state index in [1.54, 1.807) is 25.1 Å². The molecule has 3 N–H and O–H groups in total. The highest BCUT2D eigenvalue weighted by atomic mass is 19.1. The third-order valence-corrected chi connectivity index (χ3v) is 3.14. The molecule has 19 heavy (non-hydrogen) atoms. The molecule has 0 aromatic heterocycles. The number of nitrogens with one attached hydrogen (secondary N) is 1. The fourth-order valence-electron chi connectivity index (χ4n) is 2.11. The van der Waals surface area contributed by atoms with Crippen LogP contribution in [0.25, 0.3) is 0 Å². The molecule has 0 fully saturated rings. The van der Waals surface area contributed by atoms with Crippen LogP contribution in [-0.4, -0.2) is 12.5 Å². The van der Waals surface area contributed by atoms with Crippen LogP contribution in [0, 0.1) is 17.7 Å². The summed E-state index contributed by atoms with van der Waals surface area (Å²) in [6.07, 6.45) is 0.742. The van der Waals surface area contributed by atoms with E-state index in [0.717, 1.165) is 6.42 Å². The molecule has 0 saturated heterocycles. The van der Waals surface area contributed by atoms with Crippen molar-refractivity contribution in [2.24, 2.45) is 17.6 Å². The van der Waals surface area contributed by atoms with Crippen molar-refractivity contribution in [2.75, 3.05) is 6.54 Å². The molecule has 0 aliphatic rings. The Bertz CT molecular complexity index is 420. The van der Waals surface area contributed by atoms with Crippen molar-refractivity contribution in [1.82, 2.24) is 5.32 Å². The summed E-state index contributed by atoms with van der Waals surface area (Å²) >= 11 is 0. The fourth-order valence-corrected chi connectivity index (χ4v) is 2.11. The number of nitrogens with two attached hydrogens (primary N) is 1. The Kier molecular flexibility index (Phi) is 5.96. The molecule has 1 aromatic rings. The highest BCUT2D eigenvalue weighted by Crippen LogP contribution is 2.18. The molecule has 2 atom stereocenters. The molecule has 0 bridgehead atoms. The number of amides is 1. The molecule has 0 saturated carbocycles. The van der Waals surface area contributed by atoms with Crippen molar-refractivity contribution in [3.8, 4) is 0 Å². The van der Waals surface area contributed by atoms with Crippen molar-refractivity contribution < 1.29 is 9.18 Å². The van der Waals surface area contributed by atoms with E-state index in [2.05, 4.69) is 19.2 Å². The lowest BCUT2D eigenvalue weighted by molar-refractivity contribution is -0.125. The Morgan fingerprint density at radius 2 is 1.95 bits per heavy atom. The summed E-state index contributed by atoms with van der Waals surface area (Å²) in [7, 11) is 0. The monoisotopic (exact) mass is 266 g/mol. The van der Waals surface area contributed by atoms with E-state index in [9.17, 15) is 9.18 Å². The summed E-state index contributed by atoms with van der Waals surface area (Å²) in [5.74, 6) is -0.215. The zero-order valence-corrected chi connectivity index (χ0v) is 11.8. The van der Waals surface area contributed by atoms with E-state index in [4.69, 9.17) is 5.73 Å². The van der Waals surface area contributed by atoms with Crippen LogP contribution in [0.3, 0.4) is 0 Å². The van der Waals surface area contributed by atoms with Gasteiger partial charge < -0.3 is 11.1 Å². The molecule has 0 radical (unpaired) electrons. The summed E-state index contributed by atoms with van der Waals surface area (Å²) < 4.78 is 13.6. The topological polar surface area (TPSA) is 55.1 Å². The Balaban J connectivity index is 2.68. The van der Waals surface area contributed by atoms with Gasteiger partial charge in [-0.3, -0.25) is 4.79 Å². The number of carbonyl (C=O) groups excluding carboxylic acids is 1. The van der Waals surface area contributed by atoms with Crippen LogP contribution in [-0.2, 0) is 4.79 Å². The predicted octanol–water partition coefficient (Wildman–Crippen LogP) is 2.62. The first-order valence-electron chi connectivity index (χ1n) is 6.70. The molecule has 106 valence electrons. The van der Waals surface area contributed by atoms with Crippen LogP contribution in [0.2, 0.25) is 0 Å². The number of rotatable bonds is 6. The second-order valence-electron chi connectivity index (χ2n) is 5.31. The van der Waals surface area contributed by atoms with Gasteiger partial charge in [-0.2, -0.15) is 0 Å². The quantitative estimate of drug-likeness (QED) is 0.831. The highest BCUT2D eigenvalue weighted by molar-refractivity contribution is 5.79. The third-order valence-electron chi connectivity index (χ3n) is 3.14. The van der Waals surface area contributed by atoms with E-state index in [-0.39, 0.29) is 23.7 Å². The minimum atomic E-state index is -0.352. The average molecular weight is 266 g/mol. The van der Waals surface area contributed by atoms with Crippen LogP contribution in [0.4, 0.5) is 4.39 Å². The lowest BCUT2D eigenvalue weighted by Crippen LogP contribution is -2.37. The van der Waals surface area contributed by atoms with Crippen LogP contribution < -0.4 is 11.1 Å². The van der Waals surface area contributed by atoms with Gasteiger partial charge >= 0.3 is 0 Å². The SMILES string of the molecule is CC(C)CC(CN)C(=O)NC(C)c1ccccc1F. The van der Waals surface area contributed by atoms with Gasteiger partial charge in [0.25, 0.3) is 0 Å².